The van der Waals surface area contributed by atoms with Crippen LogP contribution in [0.25, 0.3) is 0 Å². The Morgan fingerprint density at radius 2 is 0.886 bits per heavy atom. The Morgan fingerprint density at radius 3 is 1.25 bits per heavy atom. The molecule has 1 heterocycles. The van der Waals surface area contributed by atoms with E-state index in [1.807, 2.05) is 55.4 Å². The standard InChI is InChI=1S/C17H28O2.C16H26O3.C14H20O4.C14H20O3.6CH4/c1-5-16(2,3)15(18)19-17(4)13-7-11-6-12(9-13)10-14(17)8-11;1-4-14(2,3)13(17)19-16-8-11-5-12(9-16)7-15(18,6-11)10-16;1-4-13(2,3)12(16)18-14-7-8-5-9(10(14)6-8)11(15)17-14;1-9(2)12(15)17-14-6-10-3-11(7-14)5-13(16,4-10)8-14;;;;;;/h11-14H,5-10H2,1-4H3;11-12,18H,4-10H2,1-3H3;8-10H,4-7H2,1-3H3;10-11,16H,1,3-8H2,2H3;6*1H4. The highest BCUT2D eigenvalue weighted by Gasteiger charge is 2.69. The molecule has 0 aromatic heterocycles. The van der Waals surface area contributed by atoms with Crippen molar-refractivity contribution in [1.29, 1.82) is 0 Å². The average Bonchev–Trinajstić information content (AvgIpc) is 3.89. The quantitative estimate of drug-likeness (QED) is 0.114. The van der Waals surface area contributed by atoms with Gasteiger partial charge < -0.3 is 33.9 Å². The van der Waals surface area contributed by atoms with Crippen LogP contribution < -0.4 is 0 Å². The van der Waals surface area contributed by atoms with Gasteiger partial charge in [-0.15, -0.1) is 0 Å². The van der Waals surface area contributed by atoms with Gasteiger partial charge in [-0.25, -0.2) is 4.79 Å². The predicted molar refractivity (Wildman–Crippen MR) is 315 cm³/mol. The fourth-order valence-electron chi connectivity index (χ4n) is 17.6. The number of esters is 5. The average molecular weight is 1120 g/mol. The summed E-state index contributed by atoms with van der Waals surface area (Å²) in [4.78, 5) is 60.6. The number of carbonyl (C=O) groups is 5. The lowest BCUT2D eigenvalue weighted by Crippen LogP contribution is -2.61. The molecule has 1 saturated heterocycles. The van der Waals surface area contributed by atoms with Crippen LogP contribution in [0.5, 0.6) is 0 Å². The van der Waals surface area contributed by atoms with Crippen LogP contribution in [0, 0.1) is 81.3 Å². The van der Waals surface area contributed by atoms with Crippen LogP contribution in [-0.4, -0.2) is 73.9 Å². The van der Waals surface area contributed by atoms with Gasteiger partial charge in [0.2, 0.25) is 0 Å². The summed E-state index contributed by atoms with van der Waals surface area (Å²) >= 11 is 0. The summed E-state index contributed by atoms with van der Waals surface area (Å²) in [7, 11) is 0. The van der Waals surface area contributed by atoms with Gasteiger partial charge in [0.15, 0.2) is 0 Å². The van der Waals surface area contributed by atoms with Crippen molar-refractivity contribution in [2.75, 3.05) is 0 Å². The van der Waals surface area contributed by atoms with Crippen molar-refractivity contribution in [3.05, 3.63) is 12.2 Å². The molecule has 0 spiro atoms. The molecule has 0 radical (unpaired) electrons. The van der Waals surface area contributed by atoms with E-state index in [2.05, 4.69) is 20.4 Å². The molecule has 15 fully saturated rings. The van der Waals surface area contributed by atoms with E-state index in [9.17, 15) is 34.2 Å². The van der Waals surface area contributed by atoms with E-state index in [4.69, 9.17) is 23.7 Å². The zero-order chi connectivity index (χ0) is 53.1. The molecular formula is C67H118O12. The Labute approximate surface area is 481 Å². The minimum atomic E-state index is -0.922. The summed E-state index contributed by atoms with van der Waals surface area (Å²) in [6, 6.07) is 0. The van der Waals surface area contributed by atoms with Crippen LogP contribution in [0.15, 0.2) is 12.2 Å². The molecule has 12 nitrogen and oxygen atoms in total. The van der Waals surface area contributed by atoms with E-state index < -0.39 is 33.4 Å². The molecule has 8 unspecified atom stereocenters. The summed E-state index contributed by atoms with van der Waals surface area (Å²) in [6.07, 6.45) is 22.7. The predicted octanol–water partition coefficient (Wildman–Crippen LogP) is 15.5. The van der Waals surface area contributed by atoms with E-state index in [0.29, 0.717) is 72.7 Å². The van der Waals surface area contributed by atoms with E-state index >= 15 is 0 Å². The first kappa shape index (κ1) is 70.3. The van der Waals surface area contributed by atoms with Gasteiger partial charge in [0, 0.05) is 24.8 Å². The van der Waals surface area contributed by atoms with E-state index in [-0.39, 0.29) is 103 Å². The van der Waals surface area contributed by atoms with Crippen molar-refractivity contribution in [2.24, 2.45) is 81.3 Å². The number of carbonyl (C=O) groups excluding carboxylic acids is 5. The fourth-order valence-corrected chi connectivity index (χ4v) is 17.6. The monoisotopic (exact) mass is 1110 g/mol. The Balaban J connectivity index is 0.000000270. The number of ether oxygens (including phenoxy) is 5. The highest BCUT2D eigenvalue weighted by molar-refractivity contribution is 5.87. The molecular weight excluding hydrogens is 997 g/mol. The van der Waals surface area contributed by atoms with E-state index in [0.717, 1.165) is 88.9 Å². The van der Waals surface area contributed by atoms with Crippen molar-refractivity contribution in [3.8, 4) is 0 Å². The molecule has 1 aliphatic heterocycles. The first-order chi connectivity index (χ1) is 33.9. The first-order valence-corrected chi connectivity index (χ1v) is 29.2. The lowest BCUT2D eigenvalue weighted by Gasteiger charge is -2.59. The molecule has 8 atom stereocenters. The second kappa shape index (κ2) is 24.3. The third kappa shape index (κ3) is 13.5. The third-order valence-electron chi connectivity index (χ3n) is 21.9. The second-order valence-corrected chi connectivity index (χ2v) is 29.3. The summed E-state index contributed by atoms with van der Waals surface area (Å²) in [6.45, 7) is 25.2. The van der Waals surface area contributed by atoms with Crippen LogP contribution in [0.4, 0.5) is 0 Å². The van der Waals surface area contributed by atoms with Crippen molar-refractivity contribution in [1.82, 2.24) is 0 Å². The molecule has 2 N–H and O–H groups in total. The largest absolute Gasteiger partial charge is 0.459 e. The SMILES string of the molecule is C.C.C.C.C.C.C=C(C)C(=O)OC12CC3CC(CC(O)(C3)C1)C2.CCC(C)(C)C(=O)OC1(C)C2CC3CC(C2)CC1C3.CCC(C)(C)C(=O)OC12CC3CC(C(=O)O1)C2C3.CCC(C)(C)C(=O)OC12CC3CC(CC(O)(C3)C1)C2. The number of hydrogen-bond acceptors (Lipinski definition) is 12. The van der Waals surface area contributed by atoms with Crippen molar-refractivity contribution < 1.29 is 57.9 Å². The smallest absolute Gasteiger partial charge is 0.333 e. The maximum atomic E-state index is 12.5. The van der Waals surface area contributed by atoms with Crippen LogP contribution in [0.2, 0.25) is 0 Å². The van der Waals surface area contributed by atoms with Gasteiger partial charge in [0.25, 0.3) is 5.79 Å². The van der Waals surface area contributed by atoms with Crippen LogP contribution in [0.1, 0.15) is 268 Å². The molecule has 15 rings (SSSR count). The molecule has 15 aliphatic rings. The normalized spacial score (nSPS) is 40.8. The summed E-state index contributed by atoms with van der Waals surface area (Å²) < 4.78 is 28.9. The Hall–Kier alpha value is -2.99. The maximum Gasteiger partial charge on any atom is 0.333 e. The van der Waals surface area contributed by atoms with Gasteiger partial charge in [0.05, 0.1) is 39.3 Å². The minimum Gasteiger partial charge on any atom is -0.459 e. The number of aliphatic hydroxyl groups is 2. The molecule has 14 aliphatic carbocycles. The molecule has 14 saturated carbocycles. The summed E-state index contributed by atoms with van der Waals surface area (Å²) in [5.41, 5.74) is -2.85. The summed E-state index contributed by atoms with van der Waals surface area (Å²) in [5.74, 6) is 4.17. The van der Waals surface area contributed by atoms with Crippen molar-refractivity contribution in [2.45, 2.75) is 302 Å². The maximum absolute atomic E-state index is 12.5. The van der Waals surface area contributed by atoms with Gasteiger partial charge in [0.1, 0.15) is 16.8 Å². The summed E-state index contributed by atoms with van der Waals surface area (Å²) in [5, 5.41) is 21.2. The van der Waals surface area contributed by atoms with Crippen LogP contribution in [-0.2, 0) is 47.7 Å². The van der Waals surface area contributed by atoms with E-state index in [1.165, 1.54) is 44.9 Å². The Kier molecular flexibility index (Phi) is 21.6. The highest BCUT2D eigenvalue weighted by atomic mass is 16.7. The fraction of sp³-hybridized carbons (Fsp3) is 0.896. The molecule has 14 bridgehead atoms. The van der Waals surface area contributed by atoms with Crippen molar-refractivity contribution in [3.63, 3.8) is 0 Å². The molecule has 0 aromatic carbocycles. The van der Waals surface area contributed by atoms with Gasteiger partial charge in [-0.1, -0.05) is 71.9 Å². The first-order valence-electron chi connectivity index (χ1n) is 29.2. The van der Waals surface area contributed by atoms with Crippen molar-refractivity contribution >= 4 is 29.8 Å². The van der Waals surface area contributed by atoms with Gasteiger partial charge in [-0.2, -0.15) is 0 Å². The molecule has 79 heavy (non-hydrogen) atoms. The Bertz CT molecular complexity index is 2130. The zero-order valence-corrected chi connectivity index (χ0v) is 46.8. The molecule has 12 heteroatoms. The second-order valence-electron chi connectivity index (χ2n) is 29.3. The molecule has 458 valence electrons. The molecule has 0 aromatic rings. The van der Waals surface area contributed by atoms with Crippen LogP contribution in [0.3, 0.4) is 0 Å². The van der Waals surface area contributed by atoms with Gasteiger partial charge in [-0.3, -0.25) is 19.2 Å². The minimum absolute atomic E-state index is 0. The topological polar surface area (TPSA) is 172 Å². The number of fused-ring (bicyclic) bond motifs is 1. The molecule has 0 amide bonds. The lowest BCUT2D eigenvalue weighted by molar-refractivity contribution is -0.229. The lowest BCUT2D eigenvalue weighted by atomic mass is 9.50. The van der Waals surface area contributed by atoms with Crippen LogP contribution >= 0.6 is 0 Å². The van der Waals surface area contributed by atoms with Gasteiger partial charge >= 0.3 is 29.8 Å². The van der Waals surface area contributed by atoms with Gasteiger partial charge in [-0.05, 0) is 237 Å². The zero-order valence-electron chi connectivity index (χ0n) is 46.8. The van der Waals surface area contributed by atoms with E-state index in [1.54, 1.807) is 6.92 Å². The third-order valence-corrected chi connectivity index (χ3v) is 21.9. The highest BCUT2D eigenvalue weighted by Crippen LogP contribution is 2.63. The number of rotatable bonds is 11. The Morgan fingerprint density at radius 1 is 0.519 bits per heavy atom. The number of hydrogen-bond donors (Lipinski definition) is 2.